The second-order valence-electron chi connectivity index (χ2n) is 8.73. The normalized spacial score (nSPS) is 15.0. The Kier molecular flexibility index (Phi) is 7.14. The van der Waals surface area contributed by atoms with E-state index in [0.29, 0.717) is 40.3 Å². The number of aromatic nitrogens is 1. The molecule has 1 unspecified atom stereocenters. The van der Waals surface area contributed by atoms with Gasteiger partial charge in [0.2, 0.25) is 5.78 Å². The fraction of sp³-hybridized carbons (Fsp3) is 0.172. The Hall–Kier alpha value is -4.90. The van der Waals surface area contributed by atoms with E-state index in [0.717, 1.165) is 11.3 Å². The van der Waals surface area contributed by atoms with E-state index in [1.165, 1.54) is 25.2 Å². The number of ether oxygens (including phenoxy) is 3. The maximum absolute atomic E-state index is 13.9. The second kappa shape index (κ2) is 10.7. The Morgan fingerprint density at radius 2 is 1.95 bits per heavy atom. The van der Waals surface area contributed by atoms with E-state index < -0.39 is 29.5 Å². The molecule has 3 heterocycles. The third-order valence-electron chi connectivity index (χ3n) is 6.33. The highest BCUT2D eigenvalue weighted by molar-refractivity contribution is 7.17. The van der Waals surface area contributed by atoms with Gasteiger partial charge in [-0.25, -0.2) is 9.78 Å². The van der Waals surface area contributed by atoms with Gasteiger partial charge >= 0.3 is 5.97 Å². The van der Waals surface area contributed by atoms with Crippen LogP contribution in [0.3, 0.4) is 0 Å². The molecule has 1 aliphatic rings. The zero-order valence-corrected chi connectivity index (χ0v) is 22.6. The highest BCUT2D eigenvalue weighted by Crippen LogP contribution is 2.44. The molecule has 11 heteroatoms. The number of anilines is 1. The Labute approximate surface area is 232 Å². The minimum absolute atomic E-state index is 0.0859. The fourth-order valence-corrected chi connectivity index (χ4v) is 5.47. The topological polar surface area (TPSA) is 128 Å². The molecule has 1 N–H and O–H groups in total. The lowest BCUT2D eigenvalue weighted by Crippen LogP contribution is -2.31. The molecule has 40 heavy (non-hydrogen) atoms. The second-order valence-corrected chi connectivity index (χ2v) is 9.71. The van der Waals surface area contributed by atoms with E-state index in [9.17, 15) is 19.5 Å². The van der Waals surface area contributed by atoms with Crippen molar-refractivity contribution in [2.45, 2.75) is 13.0 Å². The number of carbonyl (C=O) groups is 3. The Morgan fingerprint density at radius 1 is 1.20 bits per heavy atom. The first-order chi connectivity index (χ1) is 19.3. The molecule has 0 spiro atoms. The summed E-state index contributed by atoms with van der Waals surface area (Å²) in [6.07, 6.45) is 1.61. The predicted octanol–water partition coefficient (Wildman–Crippen LogP) is 5.34. The molecule has 1 aliphatic heterocycles. The summed E-state index contributed by atoms with van der Waals surface area (Å²) in [5.74, 6) is -2.01. The summed E-state index contributed by atoms with van der Waals surface area (Å²) in [7, 11) is 2.73. The molecular weight excluding hydrogens is 536 g/mol. The van der Waals surface area contributed by atoms with Gasteiger partial charge in [-0.1, -0.05) is 48.3 Å². The van der Waals surface area contributed by atoms with Crippen molar-refractivity contribution in [1.82, 2.24) is 4.98 Å². The third kappa shape index (κ3) is 4.50. The van der Waals surface area contributed by atoms with Gasteiger partial charge in [-0.05, 0) is 36.8 Å². The molecule has 204 valence electrons. The van der Waals surface area contributed by atoms with Crippen molar-refractivity contribution in [2.24, 2.45) is 0 Å². The zero-order valence-electron chi connectivity index (χ0n) is 21.8. The van der Waals surface area contributed by atoms with Gasteiger partial charge in [0, 0.05) is 5.39 Å². The molecule has 1 atom stereocenters. The number of para-hydroxylation sites is 1. The van der Waals surface area contributed by atoms with Crippen molar-refractivity contribution in [3.05, 3.63) is 94.4 Å². The SMILES string of the molecule is C=CCOc1ccc(C2C(C(=O)c3cc4cccc(OC)c4o3)=C(O)C(=O)N2c2nc(C)c(C(=O)OC)s2)cc1. The standard InChI is InChI=1S/C29H24N2O8S/c1-5-13-38-18-11-9-16(10-12-18)22-21(23(32)20-14-17-7-6-8-19(36-3)25(17)39-20)24(33)27(34)31(22)29-30-15(2)26(40-29)28(35)37-4/h5-12,14,22,33H,1,13H2,2-4H3. The van der Waals surface area contributed by atoms with Gasteiger partial charge in [-0.15, -0.1) is 0 Å². The molecule has 1 amide bonds. The van der Waals surface area contributed by atoms with Crippen LogP contribution in [0.4, 0.5) is 5.13 Å². The molecule has 2 aromatic carbocycles. The number of aliphatic hydroxyl groups is 1. The van der Waals surface area contributed by atoms with E-state index in [1.54, 1.807) is 55.5 Å². The van der Waals surface area contributed by atoms with Crippen molar-refractivity contribution in [2.75, 3.05) is 25.7 Å². The van der Waals surface area contributed by atoms with Crippen molar-refractivity contribution >= 4 is 45.1 Å². The van der Waals surface area contributed by atoms with E-state index in [4.69, 9.17) is 18.6 Å². The summed E-state index contributed by atoms with van der Waals surface area (Å²) in [5, 5.41) is 11.8. The number of rotatable bonds is 9. The highest BCUT2D eigenvalue weighted by atomic mass is 32.1. The molecule has 0 fully saturated rings. The number of hydrogen-bond donors (Lipinski definition) is 1. The number of aliphatic hydroxyl groups excluding tert-OH is 1. The number of aryl methyl sites for hydroxylation is 1. The molecule has 10 nitrogen and oxygen atoms in total. The minimum atomic E-state index is -1.08. The van der Waals surface area contributed by atoms with Gasteiger partial charge in [0.1, 0.15) is 17.2 Å². The fourth-order valence-electron chi connectivity index (χ4n) is 4.46. The summed E-state index contributed by atoms with van der Waals surface area (Å²) in [6.45, 7) is 5.53. The highest BCUT2D eigenvalue weighted by Gasteiger charge is 2.47. The van der Waals surface area contributed by atoms with Crippen molar-refractivity contribution < 1.29 is 38.1 Å². The molecule has 0 bridgehead atoms. The summed E-state index contributed by atoms with van der Waals surface area (Å²) >= 11 is 0.921. The minimum Gasteiger partial charge on any atom is -0.503 e. The number of carbonyl (C=O) groups excluding carboxylic acids is 3. The summed E-state index contributed by atoms with van der Waals surface area (Å²) in [6, 6.07) is 12.4. The number of furan rings is 1. The van der Waals surface area contributed by atoms with Crippen LogP contribution in [0.1, 0.15) is 37.5 Å². The van der Waals surface area contributed by atoms with Gasteiger partial charge in [0.05, 0.1) is 31.5 Å². The maximum atomic E-state index is 13.9. The first-order valence-corrected chi connectivity index (χ1v) is 12.9. The molecule has 0 saturated heterocycles. The number of fused-ring (bicyclic) bond motifs is 1. The van der Waals surface area contributed by atoms with Gasteiger partial charge < -0.3 is 23.7 Å². The van der Waals surface area contributed by atoms with E-state index in [1.807, 2.05) is 0 Å². The number of amides is 1. The monoisotopic (exact) mass is 560 g/mol. The average Bonchev–Trinajstić information content (AvgIpc) is 3.65. The van der Waals surface area contributed by atoms with Crippen LogP contribution in [-0.4, -0.2) is 48.6 Å². The molecular formula is C29H24N2O8S. The third-order valence-corrected chi connectivity index (χ3v) is 7.47. The van der Waals surface area contributed by atoms with Crippen LogP contribution < -0.4 is 14.4 Å². The zero-order chi connectivity index (χ0) is 28.6. The van der Waals surface area contributed by atoms with Crippen LogP contribution in [-0.2, 0) is 9.53 Å². The lowest BCUT2D eigenvalue weighted by molar-refractivity contribution is -0.117. The summed E-state index contributed by atoms with van der Waals surface area (Å²) in [5.41, 5.74) is 0.992. The smallest absolute Gasteiger partial charge is 0.350 e. The Morgan fingerprint density at radius 3 is 2.62 bits per heavy atom. The number of nitrogens with zero attached hydrogens (tertiary/aromatic N) is 2. The number of ketones is 1. The summed E-state index contributed by atoms with van der Waals surface area (Å²) in [4.78, 5) is 45.5. The predicted molar refractivity (Wildman–Crippen MR) is 147 cm³/mol. The van der Waals surface area contributed by atoms with Crippen molar-refractivity contribution in [3.8, 4) is 11.5 Å². The van der Waals surface area contributed by atoms with Crippen molar-refractivity contribution in [3.63, 3.8) is 0 Å². The van der Waals surface area contributed by atoms with Crippen LogP contribution in [0.5, 0.6) is 11.5 Å². The van der Waals surface area contributed by atoms with Crippen LogP contribution in [0.15, 0.2) is 76.9 Å². The maximum Gasteiger partial charge on any atom is 0.350 e. The molecule has 0 saturated carbocycles. The number of esters is 1. The van der Waals surface area contributed by atoms with Crippen LogP contribution in [0.25, 0.3) is 11.0 Å². The van der Waals surface area contributed by atoms with Gasteiger partial charge in [0.15, 0.2) is 28.0 Å². The van der Waals surface area contributed by atoms with Gasteiger partial charge in [-0.3, -0.25) is 14.5 Å². The lowest BCUT2D eigenvalue weighted by atomic mass is 9.95. The number of Topliss-reactive ketones (excluding diaryl/α,β-unsaturated/α-hetero) is 1. The van der Waals surface area contributed by atoms with Gasteiger partial charge in [-0.2, -0.15) is 0 Å². The molecule has 2 aromatic heterocycles. The van der Waals surface area contributed by atoms with Crippen LogP contribution >= 0.6 is 11.3 Å². The van der Waals surface area contributed by atoms with Gasteiger partial charge in [0.25, 0.3) is 5.91 Å². The van der Waals surface area contributed by atoms with E-state index >= 15 is 0 Å². The number of hydrogen-bond acceptors (Lipinski definition) is 10. The Balaban J connectivity index is 1.63. The number of thiazole rings is 1. The molecule has 4 aromatic rings. The van der Waals surface area contributed by atoms with E-state index in [-0.39, 0.29) is 21.3 Å². The largest absolute Gasteiger partial charge is 0.503 e. The van der Waals surface area contributed by atoms with E-state index in [2.05, 4.69) is 11.6 Å². The van der Waals surface area contributed by atoms with Crippen molar-refractivity contribution in [1.29, 1.82) is 0 Å². The quantitative estimate of drug-likeness (QED) is 0.164. The number of methoxy groups -OCH3 is 2. The van der Waals surface area contributed by atoms with Crippen LogP contribution in [0, 0.1) is 6.92 Å². The molecule has 0 radical (unpaired) electrons. The molecule has 5 rings (SSSR count). The molecule has 0 aliphatic carbocycles. The average molecular weight is 561 g/mol. The lowest BCUT2D eigenvalue weighted by Gasteiger charge is -2.24. The summed E-state index contributed by atoms with van der Waals surface area (Å²) < 4.78 is 21.6. The van der Waals surface area contributed by atoms with Crippen LogP contribution in [0.2, 0.25) is 0 Å². The number of benzene rings is 2. The Bertz CT molecular complexity index is 1680. The first-order valence-electron chi connectivity index (χ1n) is 12.1. The first kappa shape index (κ1) is 26.7.